The molecule has 0 radical (unpaired) electrons. The maximum atomic E-state index is 12.2. The van der Waals surface area contributed by atoms with E-state index in [2.05, 4.69) is 10.3 Å². The highest BCUT2D eigenvalue weighted by molar-refractivity contribution is 6.32. The monoisotopic (exact) mass is 275 g/mol. The molecule has 1 amide bonds. The number of aryl methyl sites for hydroxylation is 1. The summed E-state index contributed by atoms with van der Waals surface area (Å²) in [7, 11) is 0. The zero-order chi connectivity index (χ0) is 14.0. The molecule has 1 aromatic carbocycles. The van der Waals surface area contributed by atoms with Crippen LogP contribution >= 0.6 is 11.6 Å². The third kappa shape index (κ3) is 2.85. The highest BCUT2D eigenvalue weighted by atomic mass is 35.5. The molecule has 0 spiro atoms. The standard InChI is InChI=1S/C14H14ClN3O/c1-8-6-10(16)7-17-13(8)18-14(19)11-4-3-5-12(15)9(11)2/h3-7H,16H2,1-2H3,(H,17,18,19). The van der Waals surface area contributed by atoms with Gasteiger partial charge in [0.15, 0.2) is 0 Å². The van der Waals surface area contributed by atoms with Crippen LogP contribution in [0.5, 0.6) is 0 Å². The summed E-state index contributed by atoms with van der Waals surface area (Å²) in [5, 5.41) is 3.32. The van der Waals surface area contributed by atoms with Gasteiger partial charge in [0.25, 0.3) is 5.91 Å². The van der Waals surface area contributed by atoms with Crippen molar-refractivity contribution in [3.8, 4) is 0 Å². The van der Waals surface area contributed by atoms with Gasteiger partial charge in [-0.15, -0.1) is 0 Å². The number of hydrogen-bond donors (Lipinski definition) is 2. The van der Waals surface area contributed by atoms with E-state index in [9.17, 15) is 4.79 Å². The predicted molar refractivity (Wildman–Crippen MR) is 77.5 cm³/mol. The van der Waals surface area contributed by atoms with Gasteiger partial charge < -0.3 is 11.1 Å². The van der Waals surface area contributed by atoms with Crippen molar-refractivity contribution in [1.29, 1.82) is 0 Å². The molecule has 0 unspecified atom stereocenters. The fourth-order valence-electron chi connectivity index (χ4n) is 1.76. The van der Waals surface area contributed by atoms with E-state index in [-0.39, 0.29) is 5.91 Å². The van der Waals surface area contributed by atoms with Crippen molar-refractivity contribution in [3.63, 3.8) is 0 Å². The van der Waals surface area contributed by atoms with Gasteiger partial charge in [-0.25, -0.2) is 4.98 Å². The Morgan fingerprint density at radius 2 is 2.11 bits per heavy atom. The summed E-state index contributed by atoms with van der Waals surface area (Å²) in [6.45, 7) is 3.64. The largest absolute Gasteiger partial charge is 0.397 e. The van der Waals surface area contributed by atoms with Crippen LogP contribution in [0.15, 0.2) is 30.5 Å². The molecule has 1 heterocycles. The molecule has 0 bridgehead atoms. The molecule has 0 aliphatic carbocycles. The Labute approximate surface area is 116 Å². The SMILES string of the molecule is Cc1cc(N)cnc1NC(=O)c1cccc(Cl)c1C. The highest BCUT2D eigenvalue weighted by Crippen LogP contribution is 2.20. The third-order valence-corrected chi connectivity index (χ3v) is 3.25. The molecular formula is C14H14ClN3O. The first kappa shape index (κ1) is 13.4. The first-order valence-electron chi connectivity index (χ1n) is 5.77. The van der Waals surface area contributed by atoms with E-state index in [0.29, 0.717) is 22.1 Å². The molecule has 0 aliphatic heterocycles. The minimum atomic E-state index is -0.236. The molecule has 4 nitrogen and oxygen atoms in total. The minimum absolute atomic E-state index is 0.236. The molecule has 0 atom stereocenters. The summed E-state index contributed by atoms with van der Waals surface area (Å²) < 4.78 is 0. The Bertz CT molecular complexity index is 641. The van der Waals surface area contributed by atoms with Crippen molar-refractivity contribution >= 4 is 29.0 Å². The molecule has 3 N–H and O–H groups in total. The number of rotatable bonds is 2. The van der Waals surface area contributed by atoms with Crippen LogP contribution < -0.4 is 11.1 Å². The molecule has 0 saturated heterocycles. The Morgan fingerprint density at radius 3 is 2.79 bits per heavy atom. The zero-order valence-electron chi connectivity index (χ0n) is 10.7. The molecule has 0 aliphatic rings. The average Bonchev–Trinajstić information content (AvgIpc) is 2.36. The third-order valence-electron chi connectivity index (χ3n) is 2.84. The second-order valence-electron chi connectivity index (χ2n) is 4.30. The van der Waals surface area contributed by atoms with Crippen molar-refractivity contribution < 1.29 is 4.79 Å². The minimum Gasteiger partial charge on any atom is -0.397 e. The number of nitrogens with zero attached hydrogens (tertiary/aromatic N) is 1. The van der Waals surface area contributed by atoms with Gasteiger partial charge in [-0.3, -0.25) is 4.79 Å². The van der Waals surface area contributed by atoms with E-state index in [0.717, 1.165) is 11.1 Å². The number of nitrogens with one attached hydrogen (secondary N) is 1. The molecule has 0 saturated carbocycles. The number of nitrogens with two attached hydrogens (primary N) is 1. The van der Waals surface area contributed by atoms with Crippen molar-refractivity contribution in [1.82, 2.24) is 4.98 Å². The lowest BCUT2D eigenvalue weighted by molar-refractivity contribution is 0.102. The number of nitrogen functional groups attached to an aromatic ring is 1. The van der Waals surface area contributed by atoms with Gasteiger partial charge >= 0.3 is 0 Å². The predicted octanol–water partition coefficient (Wildman–Crippen LogP) is 3.19. The molecule has 2 aromatic rings. The lowest BCUT2D eigenvalue weighted by atomic mass is 10.1. The van der Waals surface area contributed by atoms with Crippen molar-refractivity contribution in [2.45, 2.75) is 13.8 Å². The summed E-state index contributed by atoms with van der Waals surface area (Å²) in [4.78, 5) is 16.3. The van der Waals surface area contributed by atoms with Gasteiger partial charge in [0, 0.05) is 10.6 Å². The van der Waals surface area contributed by atoms with Crippen LogP contribution in [0.2, 0.25) is 5.02 Å². The molecule has 5 heteroatoms. The number of carbonyl (C=O) groups is 1. The fraction of sp³-hybridized carbons (Fsp3) is 0.143. The van der Waals surface area contributed by atoms with Gasteiger partial charge in [-0.2, -0.15) is 0 Å². The first-order valence-corrected chi connectivity index (χ1v) is 6.15. The Morgan fingerprint density at radius 1 is 1.37 bits per heavy atom. The Balaban J connectivity index is 2.28. The van der Waals surface area contributed by atoms with E-state index in [1.54, 1.807) is 31.2 Å². The molecule has 1 aromatic heterocycles. The molecular weight excluding hydrogens is 262 g/mol. The van der Waals surface area contributed by atoms with Gasteiger partial charge in [0.1, 0.15) is 5.82 Å². The number of pyridine rings is 1. The molecule has 19 heavy (non-hydrogen) atoms. The number of benzene rings is 1. The smallest absolute Gasteiger partial charge is 0.257 e. The Kier molecular flexibility index (Phi) is 3.71. The number of aromatic nitrogens is 1. The van der Waals surface area contributed by atoms with E-state index < -0.39 is 0 Å². The lowest BCUT2D eigenvalue weighted by Gasteiger charge is -2.10. The number of carbonyl (C=O) groups excluding carboxylic acids is 1. The van der Waals surface area contributed by atoms with Crippen LogP contribution in [-0.4, -0.2) is 10.9 Å². The molecule has 98 valence electrons. The van der Waals surface area contributed by atoms with Crippen molar-refractivity contribution in [2.75, 3.05) is 11.1 Å². The topological polar surface area (TPSA) is 68.0 Å². The quantitative estimate of drug-likeness (QED) is 0.884. The second-order valence-corrected chi connectivity index (χ2v) is 4.71. The highest BCUT2D eigenvalue weighted by Gasteiger charge is 2.12. The van der Waals surface area contributed by atoms with Gasteiger partial charge in [-0.1, -0.05) is 17.7 Å². The molecule has 0 fully saturated rings. The van der Waals surface area contributed by atoms with Crippen molar-refractivity contribution in [2.24, 2.45) is 0 Å². The Hall–Kier alpha value is -2.07. The average molecular weight is 276 g/mol. The number of amides is 1. The lowest BCUT2D eigenvalue weighted by Crippen LogP contribution is -2.15. The number of anilines is 2. The second kappa shape index (κ2) is 5.28. The summed E-state index contributed by atoms with van der Waals surface area (Å²) in [6.07, 6.45) is 1.51. The molecule has 2 rings (SSSR count). The van der Waals surface area contributed by atoms with E-state index in [1.807, 2.05) is 6.92 Å². The van der Waals surface area contributed by atoms with Gasteiger partial charge in [0.05, 0.1) is 11.9 Å². The van der Waals surface area contributed by atoms with E-state index >= 15 is 0 Å². The normalized spacial score (nSPS) is 10.3. The van der Waals surface area contributed by atoms with Gasteiger partial charge in [0.2, 0.25) is 0 Å². The van der Waals surface area contributed by atoms with Crippen LogP contribution in [-0.2, 0) is 0 Å². The first-order chi connectivity index (χ1) is 8.99. The van der Waals surface area contributed by atoms with E-state index in [4.69, 9.17) is 17.3 Å². The van der Waals surface area contributed by atoms with Crippen LogP contribution in [0.3, 0.4) is 0 Å². The van der Waals surface area contributed by atoms with Crippen LogP contribution in [0, 0.1) is 13.8 Å². The van der Waals surface area contributed by atoms with E-state index in [1.165, 1.54) is 6.20 Å². The zero-order valence-corrected chi connectivity index (χ0v) is 11.5. The van der Waals surface area contributed by atoms with Crippen LogP contribution in [0.1, 0.15) is 21.5 Å². The fourth-order valence-corrected chi connectivity index (χ4v) is 1.93. The maximum absolute atomic E-state index is 12.2. The summed E-state index contributed by atoms with van der Waals surface area (Å²) >= 11 is 6.00. The summed E-state index contributed by atoms with van der Waals surface area (Å²) in [5.74, 6) is 0.263. The number of hydrogen-bond acceptors (Lipinski definition) is 3. The van der Waals surface area contributed by atoms with Crippen LogP contribution in [0.25, 0.3) is 0 Å². The van der Waals surface area contributed by atoms with Gasteiger partial charge in [-0.05, 0) is 43.2 Å². The summed E-state index contributed by atoms with van der Waals surface area (Å²) in [5.41, 5.74) is 8.28. The number of halogens is 1. The van der Waals surface area contributed by atoms with Crippen molar-refractivity contribution in [3.05, 3.63) is 52.2 Å². The summed E-state index contributed by atoms with van der Waals surface area (Å²) in [6, 6.07) is 6.98. The van der Waals surface area contributed by atoms with Crippen LogP contribution in [0.4, 0.5) is 11.5 Å². The maximum Gasteiger partial charge on any atom is 0.257 e.